The highest BCUT2D eigenvalue weighted by Gasteiger charge is 2.14. The first-order valence-corrected chi connectivity index (χ1v) is 10.4. The molecule has 10 heteroatoms. The summed E-state index contributed by atoms with van der Waals surface area (Å²) in [5, 5.41) is 5.09. The average Bonchev–Trinajstić information content (AvgIpc) is 2.78. The number of hydrazone groups is 1. The van der Waals surface area contributed by atoms with E-state index in [1.807, 2.05) is 0 Å². The molecule has 0 aliphatic heterocycles. The molecule has 0 aliphatic carbocycles. The predicted octanol–water partition coefficient (Wildman–Crippen LogP) is 6.29. The van der Waals surface area contributed by atoms with Gasteiger partial charge < -0.3 is 9.47 Å². The second-order valence-corrected chi connectivity index (χ2v) is 7.89. The zero-order valence-corrected chi connectivity index (χ0v) is 19.4. The fraction of sp³-hybridized carbons (Fsp3) is 0.0455. The lowest BCUT2D eigenvalue weighted by Crippen LogP contribution is -2.17. The molecule has 0 atom stereocenters. The normalized spacial score (nSPS) is 10.8. The first-order chi connectivity index (χ1) is 15.3. The van der Waals surface area contributed by atoms with E-state index in [4.69, 9.17) is 55.9 Å². The standard InChI is InChI=1S/C22H14Cl4N2O4/c1-31-20-8-12(11-27-28-21(29)13-3-5-15(23)17(25)9-13)2-7-19(20)32-22(30)14-4-6-16(24)18(26)10-14/h2-11H,1H3,(H,28,29)/b27-11-. The summed E-state index contributed by atoms with van der Waals surface area (Å²) in [6.07, 6.45) is 1.41. The van der Waals surface area contributed by atoms with Crippen LogP contribution in [0.3, 0.4) is 0 Å². The van der Waals surface area contributed by atoms with Crippen molar-refractivity contribution in [2.24, 2.45) is 5.10 Å². The van der Waals surface area contributed by atoms with E-state index in [1.54, 1.807) is 12.1 Å². The van der Waals surface area contributed by atoms with Crippen molar-refractivity contribution in [1.29, 1.82) is 0 Å². The van der Waals surface area contributed by atoms with Crippen LogP contribution in [-0.2, 0) is 0 Å². The lowest BCUT2D eigenvalue weighted by atomic mass is 10.2. The highest BCUT2D eigenvalue weighted by atomic mass is 35.5. The minimum atomic E-state index is -0.628. The molecule has 3 rings (SSSR count). The van der Waals surface area contributed by atoms with E-state index in [9.17, 15) is 9.59 Å². The van der Waals surface area contributed by atoms with Crippen LogP contribution in [0.1, 0.15) is 26.3 Å². The minimum absolute atomic E-state index is 0.195. The Morgan fingerprint density at radius 1 is 0.812 bits per heavy atom. The van der Waals surface area contributed by atoms with Crippen LogP contribution in [-0.4, -0.2) is 25.2 Å². The smallest absolute Gasteiger partial charge is 0.343 e. The highest BCUT2D eigenvalue weighted by molar-refractivity contribution is 6.42. The maximum Gasteiger partial charge on any atom is 0.343 e. The zero-order valence-electron chi connectivity index (χ0n) is 16.4. The van der Waals surface area contributed by atoms with Gasteiger partial charge in [-0.05, 0) is 60.2 Å². The molecule has 0 spiro atoms. The summed E-state index contributed by atoms with van der Waals surface area (Å²) < 4.78 is 10.7. The SMILES string of the molecule is COc1cc(/C=N\NC(=O)c2ccc(Cl)c(Cl)c2)ccc1OC(=O)c1ccc(Cl)c(Cl)c1. The number of hydrogen-bond donors (Lipinski definition) is 1. The lowest BCUT2D eigenvalue weighted by molar-refractivity contribution is 0.0729. The van der Waals surface area contributed by atoms with Crippen molar-refractivity contribution in [3.8, 4) is 11.5 Å². The third-order valence-corrected chi connectivity index (χ3v) is 5.59. The molecule has 0 radical (unpaired) electrons. The summed E-state index contributed by atoms with van der Waals surface area (Å²) >= 11 is 23.6. The van der Waals surface area contributed by atoms with E-state index in [-0.39, 0.29) is 27.1 Å². The number of benzene rings is 3. The molecule has 3 aromatic rings. The number of ether oxygens (including phenoxy) is 2. The number of nitrogens with one attached hydrogen (secondary N) is 1. The molecule has 32 heavy (non-hydrogen) atoms. The number of halogens is 4. The molecule has 6 nitrogen and oxygen atoms in total. The van der Waals surface area contributed by atoms with Crippen molar-refractivity contribution in [2.75, 3.05) is 7.11 Å². The van der Waals surface area contributed by atoms with Gasteiger partial charge in [0, 0.05) is 5.56 Å². The molecule has 0 aromatic heterocycles. The van der Waals surface area contributed by atoms with Gasteiger partial charge in [0.05, 0.1) is 39.0 Å². The summed E-state index contributed by atoms with van der Waals surface area (Å²) in [5.41, 5.74) is 3.52. The summed E-state index contributed by atoms with van der Waals surface area (Å²) in [6.45, 7) is 0. The Kier molecular flexibility index (Phi) is 7.99. The molecule has 0 unspecified atom stereocenters. The summed E-state index contributed by atoms with van der Waals surface area (Å²) in [6, 6.07) is 13.7. The predicted molar refractivity (Wildman–Crippen MR) is 126 cm³/mol. The zero-order chi connectivity index (χ0) is 23.3. The van der Waals surface area contributed by atoms with E-state index >= 15 is 0 Å². The van der Waals surface area contributed by atoms with Crippen LogP contribution in [0.5, 0.6) is 11.5 Å². The van der Waals surface area contributed by atoms with Crippen molar-refractivity contribution < 1.29 is 19.1 Å². The number of amides is 1. The number of carbonyl (C=O) groups is 2. The van der Waals surface area contributed by atoms with E-state index in [2.05, 4.69) is 10.5 Å². The maximum absolute atomic E-state index is 12.4. The Balaban J connectivity index is 1.69. The van der Waals surface area contributed by atoms with Crippen molar-refractivity contribution in [2.45, 2.75) is 0 Å². The first kappa shape index (κ1) is 23.9. The Morgan fingerprint density at radius 2 is 1.44 bits per heavy atom. The summed E-state index contributed by atoms with van der Waals surface area (Å²) in [4.78, 5) is 24.5. The lowest BCUT2D eigenvalue weighted by Gasteiger charge is -2.10. The molecule has 1 amide bonds. The molecule has 1 N–H and O–H groups in total. The average molecular weight is 512 g/mol. The second-order valence-electron chi connectivity index (χ2n) is 6.26. The molecule has 0 aliphatic rings. The van der Waals surface area contributed by atoms with Gasteiger partial charge in [-0.3, -0.25) is 4.79 Å². The number of rotatable bonds is 6. The van der Waals surface area contributed by atoms with Gasteiger partial charge in [0.2, 0.25) is 0 Å². The van der Waals surface area contributed by atoms with Gasteiger partial charge in [0.15, 0.2) is 11.5 Å². The largest absolute Gasteiger partial charge is 0.493 e. The number of esters is 1. The number of hydrogen-bond acceptors (Lipinski definition) is 5. The van der Waals surface area contributed by atoms with E-state index in [1.165, 1.54) is 55.8 Å². The molecule has 3 aromatic carbocycles. The van der Waals surface area contributed by atoms with Gasteiger partial charge in [-0.15, -0.1) is 0 Å². The molecule has 0 saturated heterocycles. The van der Waals surface area contributed by atoms with Crippen LogP contribution in [0, 0.1) is 0 Å². The number of nitrogens with zero attached hydrogens (tertiary/aromatic N) is 1. The van der Waals surface area contributed by atoms with Crippen molar-refractivity contribution >= 4 is 64.5 Å². The third kappa shape index (κ3) is 5.93. The Bertz CT molecular complexity index is 1210. The van der Waals surface area contributed by atoms with Gasteiger partial charge in [-0.25, -0.2) is 10.2 Å². The van der Waals surface area contributed by atoms with Crippen LogP contribution in [0.2, 0.25) is 20.1 Å². The first-order valence-electron chi connectivity index (χ1n) is 8.92. The molecule has 164 valence electrons. The molecule has 0 heterocycles. The monoisotopic (exact) mass is 510 g/mol. The number of methoxy groups -OCH3 is 1. The van der Waals surface area contributed by atoms with E-state index in [0.29, 0.717) is 21.2 Å². The van der Waals surface area contributed by atoms with Crippen molar-refractivity contribution in [1.82, 2.24) is 5.43 Å². The Hall–Kier alpha value is -2.77. The van der Waals surface area contributed by atoms with E-state index < -0.39 is 11.9 Å². The fourth-order valence-corrected chi connectivity index (χ4v) is 3.09. The molecule has 0 saturated carbocycles. The quantitative estimate of drug-likeness (QED) is 0.182. The van der Waals surface area contributed by atoms with Crippen LogP contribution < -0.4 is 14.9 Å². The molecule has 0 bridgehead atoms. The summed E-state index contributed by atoms with van der Waals surface area (Å²) in [7, 11) is 1.43. The second kappa shape index (κ2) is 10.7. The summed E-state index contributed by atoms with van der Waals surface area (Å²) in [5.74, 6) is -0.602. The van der Waals surface area contributed by atoms with Crippen LogP contribution in [0.4, 0.5) is 0 Å². The van der Waals surface area contributed by atoms with E-state index in [0.717, 1.165) is 0 Å². The van der Waals surface area contributed by atoms with Crippen LogP contribution in [0.25, 0.3) is 0 Å². The Labute approximate surface area is 203 Å². The van der Waals surface area contributed by atoms with Gasteiger partial charge in [0.1, 0.15) is 0 Å². The Morgan fingerprint density at radius 3 is 2.06 bits per heavy atom. The van der Waals surface area contributed by atoms with Crippen molar-refractivity contribution in [3.63, 3.8) is 0 Å². The van der Waals surface area contributed by atoms with Gasteiger partial charge >= 0.3 is 5.97 Å². The molecule has 0 fully saturated rings. The number of carbonyl (C=O) groups excluding carboxylic acids is 2. The van der Waals surface area contributed by atoms with Crippen LogP contribution >= 0.6 is 46.4 Å². The maximum atomic E-state index is 12.4. The van der Waals surface area contributed by atoms with Gasteiger partial charge in [-0.1, -0.05) is 46.4 Å². The topological polar surface area (TPSA) is 77.0 Å². The van der Waals surface area contributed by atoms with Gasteiger partial charge in [-0.2, -0.15) is 5.10 Å². The highest BCUT2D eigenvalue weighted by Crippen LogP contribution is 2.29. The van der Waals surface area contributed by atoms with Crippen molar-refractivity contribution in [3.05, 3.63) is 91.4 Å². The molecular weight excluding hydrogens is 498 g/mol. The third-order valence-electron chi connectivity index (χ3n) is 4.11. The molecular formula is C22H14Cl4N2O4. The minimum Gasteiger partial charge on any atom is -0.493 e. The van der Waals surface area contributed by atoms with Gasteiger partial charge in [0.25, 0.3) is 5.91 Å². The fourth-order valence-electron chi connectivity index (χ4n) is 2.50. The van der Waals surface area contributed by atoms with Crippen LogP contribution in [0.15, 0.2) is 59.7 Å².